The summed E-state index contributed by atoms with van der Waals surface area (Å²) in [6, 6.07) is 9.49. The standard InChI is InChI=1S/C22H28N2O4S/c1-6-16(15-12-10-9-11-13-15)19(25)23-20-17(22(27)28-5)14(4)18(29-20)21(26)24(7-2)8-3/h9-13,16H,6-8H2,1-5H3,(H,23,25)/t16-/m0/s1. The van der Waals surface area contributed by atoms with Crippen molar-refractivity contribution in [2.75, 3.05) is 25.5 Å². The molecule has 1 N–H and O–H groups in total. The second-order valence-corrected chi connectivity index (χ2v) is 7.61. The Hall–Kier alpha value is -2.67. The molecule has 0 aliphatic rings. The van der Waals surface area contributed by atoms with E-state index >= 15 is 0 Å². The van der Waals surface area contributed by atoms with Crippen LogP contribution in [0.15, 0.2) is 30.3 Å². The SMILES string of the molecule is CC[C@H](C(=O)Nc1sc(C(=O)N(CC)CC)c(C)c1C(=O)OC)c1ccccc1. The zero-order valence-electron chi connectivity index (χ0n) is 17.6. The van der Waals surface area contributed by atoms with Crippen LogP contribution >= 0.6 is 11.3 Å². The minimum absolute atomic E-state index is 0.154. The van der Waals surface area contributed by atoms with Crippen molar-refractivity contribution in [3.63, 3.8) is 0 Å². The molecule has 0 spiro atoms. The van der Waals surface area contributed by atoms with Gasteiger partial charge in [0.15, 0.2) is 0 Å². The Balaban J connectivity index is 2.43. The van der Waals surface area contributed by atoms with Crippen molar-refractivity contribution in [2.24, 2.45) is 0 Å². The van der Waals surface area contributed by atoms with E-state index in [-0.39, 0.29) is 23.3 Å². The Kier molecular flexibility index (Phi) is 7.96. The number of amides is 2. The van der Waals surface area contributed by atoms with Crippen molar-refractivity contribution < 1.29 is 19.1 Å². The molecule has 1 aromatic carbocycles. The van der Waals surface area contributed by atoms with Gasteiger partial charge in [-0.25, -0.2) is 4.79 Å². The molecule has 0 aliphatic carbocycles. The topological polar surface area (TPSA) is 75.7 Å². The number of benzene rings is 1. The lowest BCUT2D eigenvalue weighted by atomic mass is 9.95. The Morgan fingerprint density at radius 3 is 2.24 bits per heavy atom. The van der Waals surface area contributed by atoms with Gasteiger partial charge in [-0.15, -0.1) is 11.3 Å². The predicted molar refractivity (Wildman–Crippen MR) is 116 cm³/mol. The van der Waals surface area contributed by atoms with Crippen LogP contribution in [0.1, 0.15) is 64.3 Å². The highest BCUT2D eigenvalue weighted by Gasteiger charge is 2.29. The number of ether oxygens (including phenoxy) is 1. The fraction of sp³-hybridized carbons (Fsp3) is 0.409. The smallest absolute Gasteiger partial charge is 0.341 e. The lowest BCUT2D eigenvalue weighted by Crippen LogP contribution is -2.30. The molecule has 2 aromatic rings. The van der Waals surface area contributed by atoms with Gasteiger partial charge in [-0.2, -0.15) is 0 Å². The molecule has 0 radical (unpaired) electrons. The van der Waals surface area contributed by atoms with Crippen LogP contribution in [0.4, 0.5) is 5.00 Å². The molecule has 6 nitrogen and oxygen atoms in total. The quantitative estimate of drug-likeness (QED) is 0.645. The highest BCUT2D eigenvalue weighted by molar-refractivity contribution is 7.18. The number of rotatable bonds is 8. The van der Waals surface area contributed by atoms with E-state index in [9.17, 15) is 14.4 Å². The first kappa shape index (κ1) is 22.6. The Bertz CT molecular complexity index is 872. The molecular weight excluding hydrogens is 388 g/mol. The summed E-state index contributed by atoms with van der Waals surface area (Å²) in [5.74, 6) is -1.29. The van der Waals surface area contributed by atoms with Crippen LogP contribution < -0.4 is 5.32 Å². The van der Waals surface area contributed by atoms with E-state index in [1.54, 1.807) is 11.8 Å². The third-order valence-corrected chi connectivity index (χ3v) is 6.14. The molecular formula is C22H28N2O4S. The van der Waals surface area contributed by atoms with Gasteiger partial charge in [0.05, 0.1) is 23.5 Å². The Morgan fingerprint density at radius 1 is 1.10 bits per heavy atom. The van der Waals surface area contributed by atoms with Gasteiger partial charge in [-0.3, -0.25) is 9.59 Å². The molecule has 1 aromatic heterocycles. The number of thiophene rings is 1. The van der Waals surface area contributed by atoms with Crippen molar-refractivity contribution in [3.8, 4) is 0 Å². The fourth-order valence-electron chi connectivity index (χ4n) is 3.26. The van der Waals surface area contributed by atoms with E-state index in [1.807, 2.05) is 51.1 Å². The molecule has 2 amide bonds. The molecule has 0 bridgehead atoms. The average Bonchev–Trinajstić information content (AvgIpc) is 3.05. The van der Waals surface area contributed by atoms with E-state index in [0.29, 0.717) is 35.0 Å². The van der Waals surface area contributed by atoms with E-state index < -0.39 is 5.97 Å². The van der Waals surface area contributed by atoms with E-state index in [1.165, 1.54) is 7.11 Å². The number of esters is 1. The van der Waals surface area contributed by atoms with Gasteiger partial charge < -0.3 is 15.0 Å². The van der Waals surface area contributed by atoms with Crippen LogP contribution in [0.2, 0.25) is 0 Å². The molecule has 156 valence electrons. The molecule has 2 rings (SSSR count). The van der Waals surface area contributed by atoms with Gasteiger partial charge in [0.1, 0.15) is 5.00 Å². The molecule has 0 saturated carbocycles. The first-order valence-electron chi connectivity index (χ1n) is 9.76. The number of carbonyl (C=O) groups is 3. The zero-order chi connectivity index (χ0) is 21.6. The largest absolute Gasteiger partial charge is 0.465 e. The normalized spacial score (nSPS) is 11.6. The van der Waals surface area contributed by atoms with E-state index in [4.69, 9.17) is 4.74 Å². The highest BCUT2D eigenvalue weighted by Crippen LogP contribution is 2.35. The Morgan fingerprint density at radius 2 is 1.72 bits per heavy atom. The number of anilines is 1. The van der Waals surface area contributed by atoms with Gasteiger partial charge >= 0.3 is 5.97 Å². The molecule has 29 heavy (non-hydrogen) atoms. The maximum absolute atomic E-state index is 13.0. The lowest BCUT2D eigenvalue weighted by molar-refractivity contribution is -0.117. The number of nitrogens with zero attached hydrogens (tertiary/aromatic N) is 1. The van der Waals surface area contributed by atoms with Crippen molar-refractivity contribution in [2.45, 2.75) is 40.0 Å². The number of hydrogen-bond acceptors (Lipinski definition) is 5. The zero-order valence-corrected chi connectivity index (χ0v) is 18.4. The van der Waals surface area contributed by atoms with Gasteiger partial charge in [0.25, 0.3) is 5.91 Å². The van der Waals surface area contributed by atoms with E-state index in [0.717, 1.165) is 16.9 Å². The lowest BCUT2D eigenvalue weighted by Gasteiger charge is -2.18. The molecule has 7 heteroatoms. The summed E-state index contributed by atoms with van der Waals surface area (Å²) in [5.41, 5.74) is 1.67. The summed E-state index contributed by atoms with van der Waals surface area (Å²) < 4.78 is 4.91. The molecule has 1 heterocycles. The maximum Gasteiger partial charge on any atom is 0.341 e. The van der Waals surface area contributed by atoms with E-state index in [2.05, 4.69) is 5.32 Å². The van der Waals surface area contributed by atoms with Crippen LogP contribution in [0.5, 0.6) is 0 Å². The first-order chi connectivity index (χ1) is 13.9. The van der Waals surface area contributed by atoms with Crippen LogP contribution in [0.25, 0.3) is 0 Å². The third kappa shape index (κ3) is 4.85. The monoisotopic (exact) mass is 416 g/mol. The van der Waals surface area contributed by atoms with Crippen molar-refractivity contribution in [3.05, 3.63) is 51.9 Å². The number of carbonyl (C=O) groups excluding carboxylic acids is 3. The minimum atomic E-state index is -0.569. The minimum Gasteiger partial charge on any atom is -0.465 e. The number of nitrogens with one attached hydrogen (secondary N) is 1. The number of methoxy groups -OCH3 is 1. The summed E-state index contributed by atoms with van der Waals surface area (Å²) in [6.07, 6.45) is 0.610. The summed E-state index contributed by atoms with van der Waals surface area (Å²) in [6.45, 7) is 8.58. The molecule has 0 aliphatic heterocycles. The molecule has 0 unspecified atom stereocenters. The summed E-state index contributed by atoms with van der Waals surface area (Å²) in [7, 11) is 1.29. The van der Waals surface area contributed by atoms with Gasteiger partial charge in [0.2, 0.25) is 5.91 Å². The van der Waals surface area contributed by atoms with Gasteiger partial charge in [-0.1, -0.05) is 37.3 Å². The molecule has 0 fully saturated rings. The highest BCUT2D eigenvalue weighted by atomic mass is 32.1. The van der Waals surface area contributed by atoms with Crippen LogP contribution in [-0.4, -0.2) is 42.9 Å². The van der Waals surface area contributed by atoms with Gasteiger partial charge in [0, 0.05) is 13.1 Å². The van der Waals surface area contributed by atoms with Crippen LogP contribution in [0, 0.1) is 6.92 Å². The van der Waals surface area contributed by atoms with Crippen LogP contribution in [-0.2, 0) is 9.53 Å². The van der Waals surface area contributed by atoms with Crippen molar-refractivity contribution >= 4 is 34.1 Å². The Labute approximate surface area is 175 Å². The second kappa shape index (κ2) is 10.2. The fourth-order valence-corrected chi connectivity index (χ4v) is 4.43. The summed E-state index contributed by atoms with van der Waals surface area (Å²) in [5, 5.41) is 3.23. The third-order valence-electron chi connectivity index (χ3n) is 4.94. The van der Waals surface area contributed by atoms with Crippen LogP contribution in [0.3, 0.4) is 0 Å². The predicted octanol–water partition coefficient (Wildman–Crippen LogP) is 4.46. The summed E-state index contributed by atoms with van der Waals surface area (Å²) >= 11 is 1.12. The summed E-state index contributed by atoms with van der Waals surface area (Å²) in [4.78, 5) is 40.4. The maximum atomic E-state index is 13.0. The molecule has 0 saturated heterocycles. The average molecular weight is 417 g/mol. The van der Waals surface area contributed by atoms with Crippen molar-refractivity contribution in [1.29, 1.82) is 0 Å². The molecule has 1 atom stereocenters. The van der Waals surface area contributed by atoms with Gasteiger partial charge in [-0.05, 0) is 38.3 Å². The number of hydrogen-bond donors (Lipinski definition) is 1. The second-order valence-electron chi connectivity index (χ2n) is 6.59. The van der Waals surface area contributed by atoms with Crippen molar-refractivity contribution in [1.82, 2.24) is 4.90 Å². The first-order valence-corrected chi connectivity index (χ1v) is 10.6.